The summed E-state index contributed by atoms with van der Waals surface area (Å²) in [6.45, 7) is 6.92. The van der Waals surface area contributed by atoms with Gasteiger partial charge >= 0.3 is 0 Å². The average Bonchev–Trinajstić information content (AvgIpc) is 3.22. The maximum atomic E-state index is 13.0. The largest absolute Gasteiger partial charge is 0.341 e. The topological polar surface area (TPSA) is 54.3 Å². The van der Waals surface area contributed by atoms with Crippen LogP contribution in [0.4, 0.5) is 5.95 Å². The molecule has 1 amide bonds. The summed E-state index contributed by atoms with van der Waals surface area (Å²) in [6.07, 6.45) is 4.82. The lowest BCUT2D eigenvalue weighted by Gasteiger charge is -2.27. The molecule has 0 spiro atoms. The highest BCUT2D eigenvalue weighted by Gasteiger charge is 2.32. The summed E-state index contributed by atoms with van der Waals surface area (Å²) in [7, 11) is 0. The van der Waals surface area contributed by atoms with Crippen LogP contribution in [0.1, 0.15) is 51.1 Å². The van der Waals surface area contributed by atoms with Crippen LogP contribution in [-0.2, 0) is 11.3 Å². The molecule has 1 saturated carbocycles. The maximum absolute atomic E-state index is 13.0. The van der Waals surface area contributed by atoms with Gasteiger partial charge in [0.15, 0.2) is 5.16 Å². The van der Waals surface area contributed by atoms with Crippen molar-refractivity contribution in [2.75, 3.05) is 23.7 Å². The van der Waals surface area contributed by atoms with Gasteiger partial charge in [0.25, 0.3) is 0 Å². The van der Waals surface area contributed by atoms with Gasteiger partial charge in [-0.1, -0.05) is 42.1 Å². The smallest absolute Gasteiger partial charge is 0.233 e. The van der Waals surface area contributed by atoms with E-state index >= 15 is 0 Å². The first-order valence-corrected chi connectivity index (χ1v) is 11.3. The lowest BCUT2D eigenvalue weighted by Crippen LogP contribution is -2.37. The van der Waals surface area contributed by atoms with E-state index in [-0.39, 0.29) is 11.9 Å². The van der Waals surface area contributed by atoms with Gasteiger partial charge in [0.1, 0.15) is 0 Å². The summed E-state index contributed by atoms with van der Waals surface area (Å²) in [6, 6.07) is 10.9. The lowest BCUT2D eigenvalue weighted by atomic mass is 10.2. The Morgan fingerprint density at radius 3 is 2.54 bits per heavy atom. The van der Waals surface area contributed by atoms with Crippen molar-refractivity contribution in [1.82, 2.24) is 19.7 Å². The van der Waals surface area contributed by atoms with Crippen LogP contribution in [0.3, 0.4) is 0 Å². The second-order valence-electron chi connectivity index (χ2n) is 7.97. The van der Waals surface area contributed by atoms with E-state index in [9.17, 15) is 4.79 Å². The molecule has 0 atom stereocenters. The molecular weight excluding hydrogens is 370 g/mol. The number of hydrogen-bond acceptors (Lipinski definition) is 5. The number of thioether (sulfide) groups is 1. The van der Waals surface area contributed by atoms with E-state index in [2.05, 4.69) is 45.6 Å². The van der Waals surface area contributed by atoms with Crippen LogP contribution < -0.4 is 4.90 Å². The average molecular weight is 400 g/mol. The summed E-state index contributed by atoms with van der Waals surface area (Å²) in [5, 5.41) is 9.81. The van der Waals surface area contributed by atoms with E-state index in [0.29, 0.717) is 18.3 Å². The van der Waals surface area contributed by atoms with Crippen LogP contribution in [0, 0.1) is 0 Å². The zero-order valence-electron chi connectivity index (χ0n) is 16.8. The molecule has 7 heteroatoms. The molecule has 2 aromatic rings. The first kappa shape index (κ1) is 19.3. The predicted octanol–water partition coefficient (Wildman–Crippen LogP) is 3.74. The van der Waals surface area contributed by atoms with Crippen LogP contribution in [-0.4, -0.2) is 50.5 Å². The van der Waals surface area contributed by atoms with Gasteiger partial charge in [0, 0.05) is 31.7 Å². The molecular formula is C21H29N5OS. The Hall–Kier alpha value is -2.02. The van der Waals surface area contributed by atoms with Crippen LogP contribution in [0.25, 0.3) is 0 Å². The third-order valence-electron chi connectivity index (χ3n) is 5.41. The molecule has 1 aromatic heterocycles. The first-order valence-electron chi connectivity index (χ1n) is 10.3. The Kier molecular flexibility index (Phi) is 5.90. The fourth-order valence-corrected chi connectivity index (χ4v) is 4.59. The molecule has 1 aromatic carbocycles. The van der Waals surface area contributed by atoms with E-state index in [0.717, 1.165) is 29.8 Å². The molecule has 0 unspecified atom stereocenters. The summed E-state index contributed by atoms with van der Waals surface area (Å²) in [4.78, 5) is 17.2. The van der Waals surface area contributed by atoms with Crippen molar-refractivity contribution in [1.29, 1.82) is 0 Å². The number of rotatable bonds is 8. The number of nitrogens with zero attached hydrogens (tertiary/aromatic N) is 5. The zero-order valence-corrected chi connectivity index (χ0v) is 17.6. The van der Waals surface area contributed by atoms with Gasteiger partial charge in [-0.25, -0.2) is 0 Å². The number of anilines is 1. The van der Waals surface area contributed by atoms with Gasteiger partial charge in [-0.15, -0.1) is 10.2 Å². The van der Waals surface area contributed by atoms with E-state index in [1.807, 2.05) is 23.1 Å². The van der Waals surface area contributed by atoms with Crippen molar-refractivity contribution in [2.45, 2.75) is 63.3 Å². The normalized spacial score (nSPS) is 16.8. The summed E-state index contributed by atoms with van der Waals surface area (Å²) >= 11 is 1.53. The fraction of sp³-hybridized carbons (Fsp3) is 0.571. The number of aromatic nitrogens is 3. The maximum Gasteiger partial charge on any atom is 0.233 e. The zero-order chi connectivity index (χ0) is 19.5. The van der Waals surface area contributed by atoms with Crippen molar-refractivity contribution < 1.29 is 4.79 Å². The van der Waals surface area contributed by atoms with Crippen LogP contribution in [0.5, 0.6) is 0 Å². The highest BCUT2D eigenvalue weighted by Crippen LogP contribution is 2.41. The molecule has 28 heavy (non-hydrogen) atoms. The lowest BCUT2D eigenvalue weighted by molar-refractivity contribution is -0.130. The molecule has 6 nitrogen and oxygen atoms in total. The summed E-state index contributed by atoms with van der Waals surface area (Å²) < 4.78 is 2.28. The third-order valence-corrected chi connectivity index (χ3v) is 6.34. The SMILES string of the molecule is CC(C)N(Cc1ccccc1)C(=O)CSc1nnc(N2CCCC2)n1C1CC1. The van der Waals surface area contributed by atoms with Gasteiger partial charge in [-0.05, 0) is 45.1 Å². The Morgan fingerprint density at radius 2 is 1.89 bits per heavy atom. The standard InChI is InChI=1S/C21H29N5OS/c1-16(2)25(14-17-8-4-3-5-9-17)19(27)15-28-21-23-22-20(24-12-6-7-13-24)26(21)18-10-11-18/h3-5,8-9,16,18H,6-7,10-15H2,1-2H3. The van der Waals surface area contributed by atoms with Gasteiger partial charge in [0.2, 0.25) is 11.9 Å². The minimum atomic E-state index is 0.150. The second-order valence-corrected chi connectivity index (χ2v) is 8.91. The van der Waals surface area contributed by atoms with Crippen LogP contribution >= 0.6 is 11.8 Å². The first-order chi connectivity index (χ1) is 13.6. The monoisotopic (exact) mass is 399 g/mol. The number of carbonyl (C=O) groups excluding carboxylic acids is 1. The molecule has 1 aliphatic heterocycles. The highest BCUT2D eigenvalue weighted by molar-refractivity contribution is 7.99. The molecule has 0 radical (unpaired) electrons. The number of amides is 1. The Morgan fingerprint density at radius 1 is 1.18 bits per heavy atom. The molecule has 0 bridgehead atoms. The predicted molar refractivity (Wildman–Crippen MR) is 113 cm³/mol. The fourth-order valence-electron chi connectivity index (χ4n) is 3.70. The van der Waals surface area contributed by atoms with E-state index in [4.69, 9.17) is 0 Å². The highest BCUT2D eigenvalue weighted by atomic mass is 32.2. The molecule has 1 saturated heterocycles. The quantitative estimate of drug-likeness (QED) is 0.633. The number of carbonyl (C=O) groups is 1. The Bertz CT molecular complexity index is 796. The summed E-state index contributed by atoms with van der Waals surface area (Å²) in [5.74, 6) is 1.55. The van der Waals surface area contributed by atoms with E-state index in [1.54, 1.807) is 0 Å². The molecule has 0 N–H and O–H groups in total. The second kappa shape index (κ2) is 8.55. The van der Waals surface area contributed by atoms with Gasteiger partial charge < -0.3 is 9.80 Å². The Labute approximate surface area is 171 Å². The van der Waals surface area contributed by atoms with Crippen molar-refractivity contribution in [3.05, 3.63) is 35.9 Å². The molecule has 4 rings (SSSR count). The van der Waals surface area contributed by atoms with Crippen molar-refractivity contribution in [3.63, 3.8) is 0 Å². The minimum absolute atomic E-state index is 0.150. The minimum Gasteiger partial charge on any atom is -0.341 e. The van der Waals surface area contributed by atoms with Crippen LogP contribution in [0.2, 0.25) is 0 Å². The van der Waals surface area contributed by atoms with Crippen molar-refractivity contribution in [2.24, 2.45) is 0 Å². The molecule has 2 fully saturated rings. The Balaban J connectivity index is 1.43. The molecule has 150 valence electrons. The van der Waals surface area contributed by atoms with Crippen LogP contribution in [0.15, 0.2) is 35.5 Å². The molecule has 1 aliphatic carbocycles. The van der Waals surface area contributed by atoms with Gasteiger partial charge in [-0.3, -0.25) is 9.36 Å². The molecule has 2 heterocycles. The van der Waals surface area contributed by atoms with Gasteiger partial charge in [-0.2, -0.15) is 0 Å². The molecule has 2 aliphatic rings. The van der Waals surface area contributed by atoms with Crippen molar-refractivity contribution in [3.8, 4) is 0 Å². The van der Waals surface area contributed by atoms with Crippen molar-refractivity contribution >= 4 is 23.6 Å². The van der Waals surface area contributed by atoms with E-state index in [1.165, 1.54) is 37.4 Å². The number of hydrogen-bond donors (Lipinski definition) is 0. The number of benzene rings is 1. The van der Waals surface area contributed by atoms with Gasteiger partial charge in [0.05, 0.1) is 5.75 Å². The third kappa shape index (κ3) is 4.35. The summed E-state index contributed by atoms with van der Waals surface area (Å²) in [5.41, 5.74) is 1.16. The van der Waals surface area contributed by atoms with E-state index < -0.39 is 0 Å².